The van der Waals surface area contributed by atoms with E-state index in [1.54, 1.807) is 13.8 Å². The average Bonchev–Trinajstić information content (AvgIpc) is 3.07. The Labute approximate surface area is 323 Å². The molecule has 0 aromatic rings. The fourth-order valence-electron chi connectivity index (χ4n) is 6.38. The molecule has 0 amide bonds. The number of ether oxygens (including phenoxy) is 4. The molecule has 8 nitrogen and oxygen atoms in total. The molecule has 0 spiro atoms. The number of carbonyl (C=O) groups excluding carboxylic acids is 4. The summed E-state index contributed by atoms with van der Waals surface area (Å²) in [4.78, 5) is 49.7. The first-order valence-electron chi connectivity index (χ1n) is 18.3. The minimum atomic E-state index is -0.795. The second-order valence-corrected chi connectivity index (χ2v) is 15.2. The molecule has 292 valence electrons. The van der Waals surface area contributed by atoms with Crippen LogP contribution in [0.1, 0.15) is 82.1 Å². The zero-order chi connectivity index (χ0) is 40.6. The smallest absolute Gasteiger partial charge is 0.332 e. The number of ketones is 2. The Kier molecular flexibility index (Phi) is 17.9. The van der Waals surface area contributed by atoms with E-state index in [2.05, 4.69) is 27.7 Å². The van der Waals surface area contributed by atoms with Crippen molar-refractivity contribution < 1.29 is 38.1 Å². The quantitative estimate of drug-likeness (QED) is 0.114. The van der Waals surface area contributed by atoms with Gasteiger partial charge in [-0.2, -0.15) is 0 Å². The third-order valence-corrected chi connectivity index (χ3v) is 9.35. The third kappa shape index (κ3) is 14.3. The van der Waals surface area contributed by atoms with E-state index in [9.17, 15) is 19.2 Å². The summed E-state index contributed by atoms with van der Waals surface area (Å²) in [6, 6.07) is 0. The summed E-state index contributed by atoms with van der Waals surface area (Å²) in [5, 5.41) is 0. The molecule has 0 heterocycles. The highest BCUT2D eigenvalue weighted by atomic mass is 16.6. The van der Waals surface area contributed by atoms with Gasteiger partial charge in [0.1, 0.15) is 13.2 Å². The summed E-state index contributed by atoms with van der Waals surface area (Å²) in [6.07, 6.45) is 27.4. The van der Waals surface area contributed by atoms with Gasteiger partial charge in [0, 0.05) is 27.1 Å². The zero-order valence-electron chi connectivity index (χ0n) is 34.3. The van der Waals surface area contributed by atoms with E-state index in [-0.39, 0.29) is 35.6 Å². The molecule has 0 bridgehead atoms. The Morgan fingerprint density at radius 3 is 1.22 bits per heavy atom. The molecule has 2 rings (SSSR count). The molecule has 0 aromatic carbocycles. The van der Waals surface area contributed by atoms with Gasteiger partial charge in [-0.3, -0.25) is 9.59 Å². The number of Topliss-reactive ketones (excluding diaryl/α,β-unsaturated/α-hetero) is 2. The molecule has 2 aliphatic carbocycles. The molecular formula is C46H60O8. The zero-order valence-corrected chi connectivity index (χ0v) is 34.3. The highest BCUT2D eigenvalue weighted by molar-refractivity contribution is 6.02. The molecule has 54 heavy (non-hydrogen) atoms. The van der Waals surface area contributed by atoms with E-state index in [4.69, 9.17) is 18.9 Å². The highest BCUT2D eigenvalue weighted by Gasteiger charge is 2.41. The maximum atomic E-state index is 12.9. The van der Waals surface area contributed by atoms with Crippen molar-refractivity contribution in [2.75, 3.05) is 27.4 Å². The van der Waals surface area contributed by atoms with Crippen LogP contribution in [0.5, 0.6) is 0 Å². The Balaban J connectivity index is 1.98. The van der Waals surface area contributed by atoms with E-state index < -0.39 is 24.1 Å². The Hall–Kier alpha value is -4.66. The van der Waals surface area contributed by atoms with Crippen molar-refractivity contribution in [2.45, 2.75) is 94.3 Å². The minimum absolute atomic E-state index is 0.167. The molecule has 0 N–H and O–H groups in total. The molecule has 8 heteroatoms. The maximum absolute atomic E-state index is 12.9. The lowest BCUT2D eigenvalue weighted by atomic mass is 9.71. The van der Waals surface area contributed by atoms with Gasteiger partial charge in [-0.1, -0.05) is 135 Å². The Bertz CT molecular complexity index is 1630. The standard InChI is InChI=1S/C46H60O8/c1-31(19-15-21-33(3)23-25-37-35(5)43(49)39(27-45(37,7)8)53-41(47)29-51-11)17-13-14-18-32(2)20-16-22-34(4)24-26-38-36(6)44(50)40(28-46(38,9)10)54-42(48)30-52-12/h13-26,39-40H,27-30H2,1-12H3/b14-13+,19-15+,20-16+,25-23+,26-24+,31-17+,32-18+,33-21+,34-22+. The van der Waals surface area contributed by atoms with E-state index >= 15 is 0 Å². The molecule has 2 unspecified atom stereocenters. The van der Waals surface area contributed by atoms with E-state index in [1.165, 1.54) is 14.2 Å². The van der Waals surface area contributed by atoms with Gasteiger partial charge in [-0.15, -0.1) is 0 Å². The normalized spacial score (nSPS) is 21.9. The van der Waals surface area contributed by atoms with Gasteiger partial charge < -0.3 is 18.9 Å². The average molecular weight is 741 g/mol. The van der Waals surface area contributed by atoms with Crippen molar-refractivity contribution in [3.63, 3.8) is 0 Å². The number of esters is 2. The molecule has 0 aliphatic heterocycles. The first kappa shape index (κ1) is 45.5. The molecular weight excluding hydrogens is 680 g/mol. The lowest BCUT2D eigenvalue weighted by molar-refractivity contribution is -0.159. The van der Waals surface area contributed by atoms with Crippen molar-refractivity contribution in [3.8, 4) is 0 Å². The number of methoxy groups -OCH3 is 2. The molecule has 0 saturated heterocycles. The summed E-state index contributed by atoms with van der Waals surface area (Å²) in [5.41, 5.74) is 6.68. The summed E-state index contributed by atoms with van der Waals surface area (Å²) in [7, 11) is 2.83. The summed E-state index contributed by atoms with van der Waals surface area (Å²) < 4.78 is 20.4. The van der Waals surface area contributed by atoms with Crippen LogP contribution in [0.3, 0.4) is 0 Å². The number of hydrogen-bond donors (Lipinski definition) is 0. The van der Waals surface area contributed by atoms with Crippen molar-refractivity contribution >= 4 is 23.5 Å². The molecule has 0 saturated carbocycles. The topological polar surface area (TPSA) is 105 Å². The highest BCUT2D eigenvalue weighted by Crippen LogP contribution is 2.42. The van der Waals surface area contributed by atoms with Crippen molar-refractivity contribution in [3.05, 3.63) is 130 Å². The van der Waals surface area contributed by atoms with Gasteiger partial charge in [-0.25, -0.2) is 9.59 Å². The summed E-state index contributed by atoms with van der Waals surface area (Å²) in [5.74, 6) is -1.41. The van der Waals surface area contributed by atoms with Crippen LogP contribution in [0.25, 0.3) is 0 Å². The molecule has 2 atom stereocenters. The van der Waals surface area contributed by atoms with Crippen LogP contribution in [0.2, 0.25) is 0 Å². The lowest BCUT2D eigenvalue weighted by Crippen LogP contribution is -2.39. The Morgan fingerprint density at radius 2 is 0.889 bits per heavy atom. The van der Waals surface area contributed by atoms with Gasteiger partial charge in [0.25, 0.3) is 0 Å². The predicted molar refractivity (Wildman–Crippen MR) is 216 cm³/mol. The fraction of sp³-hybridized carbons (Fsp3) is 0.435. The van der Waals surface area contributed by atoms with Crippen LogP contribution in [-0.2, 0) is 38.1 Å². The van der Waals surface area contributed by atoms with Crippen LogP contribution >= 0.6 is 0 Å². The molecule has 0 aromatic heterocycles. The Morgan fingerprint density at radius 1 is 0.574 bits per heavy atom. The van der Waals surface area contributed by atoms with Gasteiger partial charge in [0.05, 0.1) is 0 Å². The monoisotopic (exact) mass is 740 g/mol. The largest absolute Gasteiger partial charge is 0.452 e. The summed E-state index contributed by atoms with van der Waals surface area (Å²) >= 11 is 0. The molecule has 2 aliphatic rings. The van der Waals surface area contributed by atoms with Gasteiger partial charge in [0.15, 0.2) is 23.8 Å². The minimum Gasteiger partial charge on any atom is -0.452 e. The number of allylic oxidation sites excluding steroid dienone is 20. The van der Waals surface area contributed by atoms with Crippen LogP contribution in [0.15, 0.2) is 130 Å². The van der Waals surface area contributed by atoms with Crippen LogP contribution in [0.4, 0.5) is 0 Å². The van der Waals surface area contributed by atoms with E-state index in [0.29, 0.717) is 24.0 Å². The summed E-state index contributed by atoms with van der Waals surface area (Å²) in [6.45, 7) is 19.5. The predicted octanol–water partition coefficient (Wildman–Crippen LogP) is 9.30. The van der Waals surface area contributed by atoms with Gasteiger partial charge >= 0.3 is 11.9 Å². The SMILES string of the molecule is COCC(=O)OC1CC(C)(C)C(/C=C/C(C)=C/C=C/C(C)=C/C=C/C=C(C)/C=C/C=C(C)/C=C/C2=C(C)C(=O)C(OC(=O)COC)CC2(C)C)=C(C)C1=O. The first-order valence-corrected chi connectivity index (χ1v) is 18.3. The van der Waals surface area contributed by atoms with E-state index in [1.807, 2.05) is 113 Å². The van der Waals surface area contributed by atoms with Gasteiger partial charge in [-0.05, 0) is 74.7 Å². The first-order chi connectivity index (χ1) is 25.3. The molecule has 0 fully saturated rings. The van der Waals surface area contributed by atoms with Crippen LogP contribution in [-0.4, -0.2) is 63.1 Å². The number of hydrogen-bond acceptors (Lipinski definition) is 8. The lowest BCUT2D eigenvalue weighted by Gasteiger charge is -2.36. The fourth-order valence-corrected chi connectivity index (χ4v) is 6.38. The maximum Gasteiger partial charge on any atom is 0.332 e. The second-order valence-electron chi connectivity index (χ2n) is 15.2. The van der Waals surface area contributed by atoms with Crippen LogP contribution in [0, 0.1) is 10.8 Å². The van der Waals surface area contributed by atoms with E-state index in [0.717, 1.165) is 33.4 Å². The number of carbonyl (C=O) groups is 4. The van der Waals surface area contributed by atoms with Crippen molar-refractivity contribution in [2.24, 2.45) is 10.8 Å². The number of rotatable bonds is 16. The van der Waals surface area contributed by atoms with Gasteiger partial charge in [0.2, 0.25) is 0 Å². The second kappa shape index (κ2) is 21.3. The van der Waals surface area contributed by atoms with Crippen molar-refractivity contribution in [1.82, 2.24) is 0 Å². The third-order valence-electron chi connectivity index (χ3n) is 9.35. The van der Waals surface area contributed by atoms with Crippen LogP contribution < -0.4 is 0 Å². The molecule has 0 radical (unpaired) electrons. The van der Waals surface area contributed by atoms with Crippen molar-refractivity contribution in [1.29, 1.82) is 0 Å².